The van der Waals surface area contributed by atoms with E-state index in [1.165, 1.54) is 0 Å². The van der Waals surface area contributed by atoms with E-state index in [0.29, 0.717) is 11.8 Å². The first-order valence-electron chi connectivity index (χ1n) is 6.23. The molecule has 0 aliphatic heterocycles. The zero-order valence-electron chi connectivity index (χ0n) is 10.5. The molecule has 0 aromatic heterocycles. The van der Waals surface area contributed by atoms with Crippen LogP contribution in [0.15, 0.2) is 36.0 Å². The molecule has 16 heavy (non-hydrogen) atoms. The molecule has 1 aliphatic rings. The Morgan fingerprint density at radius 3 is 2.81 bits per heavy atom. The first-order chi connectivity index (χ1) is 7.63. The highest BCUT2D eigenvalue weighted by molar-refractivity contribution is 5.18. The van der Waals surface area contributed by atoms with E-state index in [2.05, 4.69) is 38.7 Å². The zero-order valence-corrected chi connectivity index (χ0v) is 10.5. The van der Waals surface area contributed by atoms with Crippen molar-refractivity contribution in [3.05, 3.63) is 36.0 Å². The van der Waals surface area contributed by atoms with E-state index in [4.69, 9.17) is 0 Å². The molecular formula is C15H23F. The number of rotatable bonds is 2. The molecule has 1 aliphatic carbocycles. The molecule has 0 unspecified atom stereocenters. The van der Waals surface area contributed by atoms with Gasteiger partial charge in [-0.05, 0) is 43.1 Å². The summed E-state index contributed by atoms with van der Waals surface area (Å²) in [6.07, 6.45) is 10.3. The SMILES string of the molecule is C=C1/C=C/[C@H](C(C)C)CC/C(CF)=C\CC1. The van der Waals surface area contributed by atoms with Crippen molar-refractivity contribution in [2.45, 2.75) is 39.5 Å². The Bertz CT molecular complexity index is 284. The lowest BCUT2D eigenvalue weighted by Crippen LogP contribution is -2.07. The van der Waals surface area contributed by atoms with Crippen LogP contribution >= 0.6 is 0 Å². The van der Waals surface area contributed by atoms with E-state index in [1.54, 1.807) is 0 Å². The maximum Gasteiger partial charge on any atom is 0.111 e. The predicted molar refractivity (Wildman–Crippen MR) is 69.1 cm³/mol. The highest BCUT2D eigenvalue weighted by Gasteiger charge is 2.11. The van der Waals surface area contributed by atoms with Crippen LogP contribution in [0.2, 0.25) is 0 Å². The van der Waals surface area contributed by atoms with Crippen LogP contribution in [0.25, 0.3) is 0 Å². The summed E-state index contributed by atoms with van der Waals surface area (Å²) in [4.78, 5) is 0. The van der Waals surface area contributed by atoms with Crippen LogP contribution in [0.1, 0.15) is 39.5 Å². The number of hydrogen-bond donors (Lipinski definition) is 0. The third-order valence-electron chi connectivity index (χ3n) is 3.30. The number of halogens is 1. The highest BCUT2D eigenvalue weighted by Crippen LogP contribution is 2.24. The zero-order chi connectivity index (χ0) is 12.0. The molecule has 0 nitrogen and oxygen atoms in total. The van der Waals surface area contributed by atoms with Crippen molar-refractivity contribution in [2.75, 3.05) is 6.67 Å². The van der Waals surface area contributed by atoms with Crippen LogP contribution < -0.4 is 0 Å². The first kappa shape index (κ1) is 13.2. The molecule has 1 atom stereocenters. The fourth-order valence-electron chi connectivity index (χ4n) is 2.03. The molecule has 0 saturated carbocycles. The summed E-state index contributed by atoms with van der Waals surface area (Å²) in [5, 5.41) is 0. The van der Waals surface area contributed by atoms with Crippen molar-refractivity contribution in [3.8, 4) is 0 Å². The number of alkyl halides is 1. The largest absolute Gasteiger partial charge is 0.246 e. The smallest absolute Gasteiger partial charge is 0.111 e. The van der Waals surface area contributed by atoms with Crippen LogP contribution in [0, 0.1) is 11.8 Å². The molecule has 90 valence electrons. The molecule has 1 rings (SSSR count). The second-order valence-electron chi connectivity index (χ2n) is 5.00. The molecule has 0 aromatic carbocycles. The van der Waals surface area contributed by atoms with Crippen molar-refractivity contribution in [1.29, 1.82) is 0 Å². The lowest BCUT2D eigenvalue weighted by Gasteiger charge is -2.18. The van der Waals surface area contributed by atoms with Gasteiger partial charge in [0, 0.05) is 0 Å². The third kappa shape index (κ3) is 4.34. The molecule has 0 heterocycles. The first-order valence-corrected chi connectivity index (χ1v) is 6.23. The lowest BCUT2D eigenvalue weighted by atomic mass is 9.88. The molecule has 0 radical (unpaired) electrons. The van der Waals surface area contributed by atoms with Gasteiger partial charge in [-0.15, -0.1) is 0 Å². The average molecular weight is 222 g/mol. The summed E-state index contributed by atoms with van der Waals surface area (Å²) in [7, 11) is 0. The maximum absolute atomic E-state index is 12.7. The monoisotopic (exact) mass is 222 g/mol. The fourth-order valence-corrected chi connectivity index (χ4v) is 2.03. The van der Waals surface area contributed by atoms with E-state index in [1.807, 2.05) is 0 Å². The standard InChI is InChI=1S/C15H23F/c1-12(2)15-9-7-13(3)5-4-6-14(11-16)8-10-15/h6-7,9,12,15H,3-5,8,10-11H2,1-2H3/b9-7+,14-6+/t15-/m0/s1. The van der Waals surface area contributed by atoms with Crippen molar-refractivity contribution in [3.63, 3.8) is 0 Å². The second-order valence-corrected chi connectivity index (χ2v) is 5.00. The minimum absolute atomic E-state index is 0.291. The van der Waals surface area contributed by atoms with Gasteiger partial charge in [0.2, 0.25) is 0 Å². The van der Waals surface area contributed by atoms with Gasteiger partial charge >= 0.3 is 0 Å². The number of hydrogen-bond acceptors (Lipinski definition) is 0. The summed E-state index contributed by atoms with van der Waals surface area (Å²) < 4.78 is 12.7. The van der Waals surface area contributed by atoms with Gasteiger partial charge in [-0.25, -0.2) is 4.39 Å². The van der Waals surface area contributed by atoms with Gasteiger partial charge in [0.1, 0.15) is 6.67 Å². The topological polar surface area (TPSA) is 0 Å². The van der Waals surface area contributed by atoms with Gasteiger partial charge < -0.3 is 0 Å². The Morgan fingerprint density at radius 1 is 1.44 bits per heavy atom. The minimum Gasteiger partial charge on any atom is -0.246 e. The van der Waals surface area contributed by atoms with E-state index in [9.17, 15) is 4.39 Å². The summed E-state index contributed by atoms with van der Waals surface area (Å²) in [6, 6.07) is 0. The lowest BCUT2D eigenvalue weighted by molar-refractivity contribution is 0.425. The van der Waals surface area contributed by atoms with Crippen LogP contribution in [-0.4, -0.2) is 6.67 Å². The second kappa shape index (κ2) is 6.67. The Balaban J connectivity index is 2.73. The Labute approximate surface area is 98.9 Å². The van der Waals surface area contributed by atoms with Gasteiger partial charge in [0.05, 0.1) is 0 Å². The molecule has 0 aromatic rings. The van der Waals surface area contributed by atoms with Gasteiger partial charge in [-0.1, -0.05) is 44.2 Å². The van der Waals surface area contributed by atoms with Crippen LogP contribution in [0.4, 0.5) is 4.39 Å². The van der Waals surface area contributed by atoms with Crippen molar-refractivity contribution in [1.82, 2.24) is 0 Å². The van der Waals surface area contributed by atoms with Crippen LogP contribution in [0.5, 0.6) is 0 Å². The Hall–Kier alpha value is -0.850. The Morgan fingerprint density at radius 2 is 2.19 bits per heavy atom. The summed E-state index contributed by atoms with van der Waals surface area (Å²) in [6.45, 7) is 8.18. The summed E-state index contributed by atoms with van der Waals surface area (Å²) in [5.74, 6) is 1.16. The van der Waals surface area contributed by atoms with Gasteiger partial charge in [0.15, 0.2) is 0 Å². The fraction of sp³-hybridized carbons (Fsp3) is 0.600. The van der Waals surface area contributed by atoms with E-state index >= 15 is 0 Å². The third-order valence-corrected chi connectivity index (χ3v) is 3.30. The van der Waals surface area contributed by atoms with E-state index < -0.39 is 0 Å². The van der Waals surface area contributed by atoms with Gasteiger partial charge in [-0.3, -0.25) is 0 Å². The quantitative estimate of drug-likeness (QED) is 0.586. The average Bonchev–Trinajstić information content (AvgIpc) is 2.26. The molecule has 0 bridgehead atoms. The highest BCUT2D eigenvalue weighted by atomic mass is 19.1. The summed E-state index contributed by atoms with van der Waals surface area (Å²) >= 11 is 0. The van der Waals surface area contributed by atoms with Gasteiger partial charge in [-0.2, -0.15) is 0 Å². The van der Waals surface area contributed by atoms with Crippen molar-refractivity contribution >= 4 is 0 Å². The molecule has 1 heteroatoms. The normalized spacial score (nSPS) is 28.6. The molecule has 0 saturated heterocycles. The predicted octanol–water partition coefficient (Wildman–Crippen LogP) is 4.84. The number of allylic oxidation sites excluding steroid dienone is 5. The maximum atomic E-state index is 12.7. The van der Waals surface area contributed by atoms with Crippen LogP contribution in [-0.2, 0) is 0 Å². The van der Waals surface area contributed by atoms with E-state index in [-0.39, 0.29) is 6.67 Å². The molecule has 0 fully saturated rings. The van der Waals surface area contributed by atoms with E-state index in [0.717, 1.165) is 36.8 Å². The molecular weight excluding hydrogens is 199 g/mol. The molecule has 0 spiro atoms. The van der Waals surface area contributed by atoms with Crippen molar-refractivity contribution in [2.24, 2.45) is 11.8 Å². The minimum atomic E-state index is -0.291. The van der Waals surface area contributed by atoms with Gasteiger partial charge in [0.25, 0.3) is 0 Å². The molecule has 0 amide bonds. The summed E-state index contributed by atoms with van der Waals surface area (Å²) in [5.41, 5.74) is 2.12. The van der Waals surface area contributed by atoms with Crippen molar-refractivity contribution < 1.29 is 4.39 Å². The van der Waals surface area contributed by atoms with Crippen LogP contribution in [0.3, 0.4) is 0 Å². The molecule has 0 N–H and O–H groups in total. The Kier molecular flexibility index (Phi) is 5.51.